The van der Waals surface area contributed by atoms with Gasteiger partial charge in [0.1, 0.15) is 5.82 Å². The van der Waals surface area contributed by atoms with E-state index in [2.05, 4.69) is 9.97 Å². The molecule has 2 rings (SSSR count). The summed E-state index contributed by atoms with van der Waals surface area (Å²) in [5.74, 6) is 1.64. The lowest BCUT2D eigenvalue weighted by Gasteiger charge is -2.23. The fourth-order valence-corrected chi connectivity index (χ4v) is 1.72. The third-order valence-electron chi connectivity index (χ3n) is 2.75. The predicted molar refractivity (Wildman–Crippen MR) is 56.0 cm³/mol. The first-order chi connectivity index (χ1) is 6.75. The van der Waals surface area contributed by atoms with E-state index in [0.717, 1.165) is 17.8 Å². The molecule has 0 aromatic carbocycles. The van der Waals surface area contributed by atoms with Crippen LogP contribution in [-0.2, 0) is 6.42 Å². The highest BCUT2D eigenvalue weighted by molar-refractivity contribution is 5.10. The Morgan fingerprint density at radius 1 is 1.43 bits per heavy atom. The van der Waals surface area contributed by atoms with E-state index < -0.39 is 0 Å². The van der Waals surface area contributed by atoms with Crippen LogP contribution in [0.15, 0.2) is 12.4 Å². The average molecular weight is 191 g/mol. The fourth-order valence-electron chi connectivity index (χ4n) is 1.72. The summed E-state index contributed by atoms with van der Waals surface area (Å²) in [5.41, 5.74) is 6.85. The second kappa shape index (κ2) is 4.05. The predicted octanol–water partition coefficient (Wildman–Crippen LogP) is 1.63. The van der Waals surface area contributed by atoms with Gasteiger partial charge in [-0.3, -0.25) is 0 Å². The maximum Gasteiger partial charge on any atom is 0.131 e. The Morgan fingerprint density at radius 3 is 2.50 bits per heavy atom. The van der Waals surface area contributed by atoms with Crippen LogP contribution in [0.4, 0.5) is 0 Å². The van der Waals surface area contributed by atoms with Crippen molar-refractivity contribution < 1.29 is 0 Å². The lowest BCUT2D eigenvalue weighted by atomic mass is 9.85. The SMILES string of the molecule is CC(N)Cc1cnc(C2CCC2)nc1. The minimum atomic E-state index is 0.188. The minimum Gasteiger partial charge on any atom is -0.328 e. The number of nitrogens with zero attached hydrogens (tertiary/aromatic N) is 2. The highest BCUT2D eigenvalue weighted by Gasteiger charge is 2.21. The summed E-state index contributed by atoms with van der Waals surface area (Å²) in [6.07, 6.45) is 8.55. The van der Waals surface area contributed by atoms with Crippen LogP contribution >= 0.6 is 0 Å². The van der Waals surface area contributed by atoms with Crippen molar-refractivity contribution in [3.8, 4) is 0 Å². The first-order valence-electron chi connectivity index (χ1n) is 5.32. The Kier molecular flexibility index (Phi) is 2.77. The standard InChI is InChI=1S/C11H17N3/c1-8(12)5-9-6-13-11(14-7-9)10-3-2-4-10/h6-8,10H,2-5,12H2,1H3. The van der Waals surface area contributed by atoms with Crippen molar-refractivity contribution in [2.45, 2.75) is 44.6 Å². The molecule has 3 heteroatoms. The van der Waals surface area contributed by atoms with Crippen molar-refractivity contribution in [1.82, 2.24) is 9.97 Å². The number of hydrogen-bond acceptors (Lipinski definition) is 3. The van der Waals surface area contributed by atoms with Gasteiger partial charge in [0.15, 0.2) is 0 Å². The molecule has 1 aromatic rings. The van der Waals surface area contributed by atoms with E-state index in [1.165, 1.54) is 19.3 Å². The monoisotopic (exact) mass is 191 g/mol. The van der Waals surface area contributed by atoms with E-state index in [0.29, 0.717) is 5.92 Å². The minimum absolute atomic E-state index is 0.188. The van der Waals surface area contributed by atoms with Gasteiger partial charge in [0.05, 0.1) is 0 Å². The van der Waals surface area contributed by atoms with E-state index in [-0.39, 0.29) is 6.04 Å². The van der Waals surface area contributed by atoms with Gasteiger partial charge in [0.2, 0.25) is 0 Å². The molecular formula is C11H17N3. The number of aromatic nitrogens is 2. The van der Waals surface area contributed by atoms with Crippen LogP contribution in [0.5, 0.6) is 0 Å². The van der Waals surface area contributed by atoms with Crippen LogP contribution in [-0.4, -0.2) is 16.0 Å². The largest absolute Gasteiger partial charge is 0.328 e. The normalized spacial score (nSPS) is 19.0. The van der Waals surface area contributed by atoms with E-state index in [4.69, 9.17) is 5.73 Å². The zero-order chi connectivity index (χ0) is 9.97. The fraction of sp³-hybridized carbons (Fsp3) is 0.636. The van der Waals surface area contributed by atoms with E-state index >= 15 is 0 Å². The van der Waals surface area contributed by atoms with Crippen molar-refractivity contribution >= 4 is 0 Å². The first kappa shape index (κ1) is 9.59. The summed E-state index contributed by atoms with van der Waals surface area (Å²) < 4.78 is 0. The Hall–Kier alpha value is -0.960. The molecule has 1 aromatic heterocycles. The van der Waals surface area contributed by atoms with Crippen LogP contribution in [0.25, 0.3) is 0 Å². The van der Waals surface area contributed by atoms with Gasteiger partial charge >= 0.3 is 0 Å². The summed E-state index contributed by atoms with van der Waals surface area (Å²) in [5, 5.41) is 0. The third-order valence-corrected chi connectivity index (χ3v) is 2.75. The van der Waals surface area contributed by atoms with Crippen molar-refractivity contribution in [2.75, 3.05) is 0 Å². The number of nitrogens with two attached hydrogens (primary N) is 1. The van der Waals surface area contributed by atoms with Crippen LogP contribution in [0.1, 0.15) is 43.5 Å². The molecule has 0 radical (unpaired) electrons. The Bertz CT molecular complexity index is 288. The zero-order valence-corrected chi connectivity index (χ0v) is 8.61. The van der Waals surface area contributed by atoms with Gasteiger partial charge in [-0.15, -0.1) is 0 Å². The first-order valence-corrected chi connectivity index (χ1v) is 5.32. The van der Waals surface area contributed by atoms with Gasteiger partial charge in [-0.2, -0.15) is 0 Å². The molecule has 14 heavy (non-hydrogen) atoms. The van der Waals surface area contributed by atoms with Crippen LogP contribution in [0, 0.1) is 0 Å². The quantitative estimate of drug-likeness (QED) is 0.790. The second-order valence-corrected chi connectivity index (χ2v) is 4.26. The van der Waals surface area contributed by atoms with Crippen LogP contribution in [0.3, 0.4) is 0 Å². The molecule has 1 heterocycles. The highest BCUT2D eigenvalue weighted by Crippen LogP contribution is 2.33. The van der Waals surface area contributed by atoms with E-state index in [1.807, 2.05) is 19.3 Å². The maximum absolute atomic E-state index is 5.70. The van der Waals surface area contributed by atoms with E-state index in [1.54, 1.807) is 0 Å². The Balaban J connectivity index is 2.02. The molecule has 0 amide bonds. The van der Waals surface area contributed by atoms with Gasteiger partial charge in [-0.25, -0.2) is 9.97 Å². The molecule has 0 spiro atoms. The van der Waals surface area contributed by atoms with Crippen molar-refractivity contribution in [2.24, 2.45) is 5.73 Å². The smallest absolute Gasteiger partial charge is 0.131 e. The molecule has 0 saturated heterocycles. The van der Waals surface area contributed by atoms with Gasteiger partial charge in [-0.05, 0) is 31.7 Å². The maximum atomic E-state index is 5.70. The van der Waals surface area contributed by atoms with Crippen LogP contribution < -0.4 is 5.73 Å². The summed E-state index contributed by atoms with van der Waals surface area (Å²) >= 11 is 0. The lowest BCUT2D eigenvalue weighted by Crippen LogP contribution is -2.18. The third kappa shape index (κ3) is 2.10. The molecule has 76 valence electrons. The Labute approximate surface area is 84.8 Å². The molecule has 1 aliphatic carbocycles. The van der Waals surface area contributed by atoms with Gasteiger partial charge in [0.25, 0.3) is 0 Å². The summed E-state index contributed by atoms with van der Waals surface area (Å²) in [4.78, 5) is 8.77. The number of rotatable bonds is 3. The van der Waals surface area contributed by atoms with Crippen molar-refractivity contribution in [3.63, 3.8) is 0 Å². The summed E-state index contributed by atoms with van der Waals surface area (Å²) in [7, 11) is 0. The topological polar surface area (TPSA) is 51.8 Å². The highest BCUT2D eigenvalue weighted by atomic mass is 14.9. The van der Waals surface area contributed by atoms with Gasteiger partial charge < -0.3 is 5.73 Å². The number of hydrogen-bond donors (Lipinski definition) is 1. The molecule has 0 bridgehead atoms. The van der Waals surface area contributed by atoms with Crippen LogP contribution in [0.2, 0.25) is 0 Å². The molecular weight excluding hydrogens is 174 g/mol. The molecule has 1 saturated carbocycles. The van der Waals surface area contributed by atoms with Gasteiger partial charge in [-0.1, -0.05) is 6.42 Å². The molecule has 2 N–H and O–H groups in total. The summed E-state index contributed by atoms with van der Waals surface area (Å²) in [6, 6.07) is 0.188. The molecule has 3 nitrogen and oxygen atoms in total. The summed E-state index contributed by atoms with van der Waals surface area (Å²) in [6.45, 7) is 2.00. The lowest BCUT2D eigenvalue weighted by molar-refractivity contribution is 0.401. The van der Waals surface area contributed by atoms with Crippen molar-refractivity contribution in [1.29, 1.82) is 0 Å². The molecule has 1 atom stereocenters. The molecule has 1 unspecified atom stereocenters. The molecule has 1 aliphatic rings. The average Bonchev–Trinajstić information content (AvgIpc) is 2.04. The van der Waals surface area contributed by atoms with Gasteiger partial charge in [0, 0.05) is 24.4 Å². The zero-order valence-electron chi connectivity index (χ0n) is 8.61. The molecule has 0 aliphatic heterocycles. The van der Waals surface area contributed by atoms with Crippen molar-refractivity contribution in [3.05, 3.63) is 23.8 Å². The second-order valence-electron chi connectivity index (χ2n) is 4.26. The Morgan fingerprint density at radius 2 is 2.07 bits per heavy atom. The molecule has 1 fully saturated rings. The van der Waals surface area contributed by atoms with E-state index in [9.17, 15) is 0 Å².